The van der Waals surface area contributed by atoms with Crippen molar-refractivity contribution in [2.45, 2.75) is 19.8 Å². The van der Waals surface area contributed by atoms with E-state index in [1.54, 1.807) is 12.4 Å². The van der Waals surface area contributed by atoms with Crippen molar-refractivity contribution in [3.63, 3.8) is 0 Å². The average Bonchev–Trinajstić information content (AvgIpc) is 2.73. The molecule has 0 spiro atoms. The summed E-state index contributed by atoms with van der Waals surface area (Å²) in [5, 5.41) is 13.0. The first-order valence-corrected chi connectivity index (χ1v) is 5.32. The molecular formula is C12H12N2O3. The van der Waals surface area contributed by atoms with Crippen LogP contribution in [0.1, 0.15) is 34.3 Å². The molecule has 0 atom stereocenters. The lowest BCUT2D eigenvalue weighted by molar-refractivity contribution is 0.0693. The van der Waals surface area contributed by atoms with Gasteiger partial charge in [0.2, 0.25) is 0 Å². The molecule has 1 N–H and O–H groups in total. The Morgan fingerprint density at radius 2 is 2.12 bits per heavy atom. The lowest BCUT2D eigenvalue weighted by atomic mass is 10.1. The Morgan fingerprint density at radius 3 is 2.71 bits per heavy atom. The van der Waals surface area contributed by atoms with E-state index < -0.39 is 5.97 Å². The molecule has 5 nitrogen and oxygen atoms in total. The van der Waals surface area contributed by atoms with E-state index in [9.17, 15) is 4.79 Å². The van der Waals surface area contributed by atoms with Crippen molar-refractivity contribution < 1.29 is 14.4 Å². The predicted octanol–water partition coefficient (Wildman–Crippen LogP) is 1.92. The molecule has 2 heterocycles. The van der Waals surface area contributed by atoms with Gasteiger partial charge in [-0.25, -0.2) is 4.79 Å². The van der Waals surface area contributed by atoms with Gasteiger partial charge in [0.05, 0.1) is 0 Å². The third-order valence-corrected chi connectivity index (χ3v) is 2.49. The number of carboxylic acid groups (broad SMARTS) is 1. The molecule has 0 saturated heterocycles. The number of hydrogen-bond donors (Lipinski definition) is 1. The van der Waals surface area contributed by atoms with Gasteiger partial charge >= 0.3 is 5.97 Å². The minimum atomic E-state index is -0.993. The largest absolute Gasteiger partial charge is 0.477 e. The highest BCUT2D eigenvalue weighted by atomic mass is 16.5. The number of carboxylic acids is 1. The van der Waals surface area contributed by atoms with Crippen LogP contribution in [0.25, 0.3) is 0 Å². The van der Waals surface area contributed by atoms with Gasteiger partial charge in [-0.1, -0.05) is 12.1 Å². The smallest absolute Gasteiger partial charge is 0.341 e. The lowest BCUT2D eigenvalue weighted by Gasteiger charge is -1.98. The summed E-state index contributed by atoms with van der Waals surface area (Å²) in [4.78, 5) is 15.0. The summed E-state index contributed by atoms with van der Waals surface area (Å²) in [6.07, 6.45) is 4.28. The van der Waals surface area contributed by atoms with Gasteiger partial charge in [0, 0.05) is 25.2 Å². The number of carbonyl (C=O) groups is 1. The lowest BCUT2D eigenvalue weighted by Crippen LogP contribution is -2.03. The molecule has 88 valence electrons. The molecule has 0 unspecified atom stereocenters. The van der Waals surface area contributed by atoms with Gasteiger partial charge in [-0.15, -0.1) is 0 Å². The molecule has 2 rings (SSSR count). The van der Waals surface area contributed by atoms with Gasteiger partial charge in [0.15, 0.2) is 5.76 Å². The van der Waals surface area contributed by atoms with E-state index >= 15 is 0 Å². The van der Waals surface area contributed by atoms with Gasteiger partial charge in [0.25, 0.3) is 0 Å². The quantitative estimate of drug-likeness (QED) is 0.871. The Kier molecular flexibility index (Phi) is 3.18. The van der Waals surface area contributed by atoms with Crippen LogP contribution >= 0.6 is 0 Å². The minimum Gasteiger partial charge on any atom is -0.477 e. The third-order valence-electron chi connectivity index (χ3n) is 2.49. The molecule has 0 aliphatic heterocycles. The molecule has 0 aliphatic carbocycles. The molecule has 0 bridgehead atoms. The van der Waals surface area contributed by atoms with Crippen LogP contribution in [0.5, 0.6) is 0 Å². The standard InChI is InChI=1S/C12H12N2O3/c1-2-10-11(12(15)16)9(14-17-10)7-8-3-5-13-6-4-8/h3-6H,2,7H2,1H3,(H,15,16). The van der Waals surface area contributed by atoms with Crippen molar-refractivity contribution in [1.82, 2.24) is 10.1 Å². The molecule has 17 heavy (non-hydrogen) atoms. The van der Waals surface area contributed by atoms with Crippen LogP contribution in [0.4, 0.5) is 0 Å². The second-order valence-corrected chi connectivity index (χ2v) is 3.62. The van der Waals surface area contributed by atoms with E-state index in [0.717, 1.165) is 5.56 Å². The van der Waals surface area contributed by atoms with E-state index in [1.807, 2.05) is 19.1 Å². The van der Waals surface area contributed by atoms with E-state index in [2.05, 4.69) is 10.1 Å². The average molecular weight is 232 g/mol. The van der Waals surface area contributed by atoms with Crippen molar-refractivity contribution in [2.75, 3.05) is 0 Å². The molecule has 0 aliphatic rings. The number of nitrogens with zero attached hydrogens (tertiary/aromatic N) is 2. The Balaban J connectivity index is 2.33. The number of pyridine rings is 1. The Hall–Kier alpha value is -2.17. The van der Waals surface area contributed by atoms with Crippen LogP contribution in [0, 0.1) is 0 Å². The number of aromatic carboxylic acids is 1. The van der Waals surface area contributed by atoms with Crippen LogP contribution in [-0.4, -0.2) is 21.2 Å². The van der Waals surface area contributed by atoms with E-state index in [4.69, 9.17) is 9.63 Å². The van der Waals surface area contributed by atoms with Crippen molar-refractivity contribution >= 4 is 5.97 Å². The first-order valence-electron chi connectivity index (χ1n) is 5.32. The zero-order valence-electron chi connectivity index (χ0n) is 9.38. The fourth-order valence-electron chi connectivity index (χ4n) is 1.66. The summed E-state index contributed by atoms with van der Waals surface area (Å²) in [7, 11) is 0. The maximum Gasteiger partial charge on any atom is 0.341 e. The van der Waals surface area contributed by atoms with Gasteiger partial charge in [0.1, 0.15) is 11.3 Å². The molecule has 2 aromatic rings. The van der Waals surface area contributed by atoms with Crippen molar-refractivity contribution in [3.8, 4) is 0 Å². The van der Waals surface area contributed by atoms with E-state index in [0.29, 0.717) is 24.3 Å². The first-order chi connectivity index (χ1) is 8.22. The van der Waals surface area contributed by atoms with E-state index in [-0.39, 0.29) is 5.56 Å². The van der Waals surface area contributed by atoms with Gasteiger partial charge in [-0.3, -0.25) is 4.98 Å². The zero-order chi connectivity index (χ0) is 12.3. The van der Waals surface area contributed by atoms with Crippen LogP contribution in [0.3, 0.4) is 0 Å². The normalized spacial score (nSPS) is 10.4. The summed E-state index contributed by atoms with van der Waals surface area (Å²) in [5.41, 5.74) is 1.60. The van der Waals surface area contributed by atoms with Crippen LogP contribution < -0.4 is 0 Å². The molecule has 0 radical (unpaired) electrons. The summed E-state index contributed by atoms with van der Waals surface area (Å²) < 4.78 is 5.03. The Morgan fingerprint density at radius 1 is 1.41 bits per heavy atom. The van der Waals surface area contributed by atoms with Gasteiger partial charge in [-0.05, 0) is 17.7 Å². The first kappa shape index (κ1) is 11.3. The maximum absolute atomic E-state index is 11.1. The highest BCUT2D eigenvalue weighted by Crippen LogP contribution is 2.18. The Labute approximate surface area is 98.1 Å². The number of rotatable bonds is 4. The second-order valence-electron chi connectivity index (χ2n) is 3.62. The monoisotopic (exact) mass is 232 g/mol. The fourth-order valence-corrected chi connectivity index (χ4v) is 1.66. The zero-order valence-corrected chi connectivity index (χ0v) is 9.38. The molecule has 0 saturated carbocycles. The number of hydrogen-bond acceptors (Lipinski definition) is 4. The van der Waals surface area contributed by atoms with Crippen molar-refractivity contribution in [2.24, 2.45) is 0 Å². The molecular weight excluding hydrogens is 220 g/mol. The maximum atomic E-state index is 11.1. The topological polar surface area (TPSA) is 76.2 Å². The summed E-state index contributed by atoms with van der Waals surface area (Å²) >= 11 is 0. The predicted molar refractivity (Wildman–Crippen MR) is 59.9 cm³/mol. The number of aromatic nitrogens is 2. The van der Waals surface area contributed by atoms with Gasteiger partial charge in [-0.2, -0.15) is 0 Å². The second kappa shape index (κ2) is 4.78. The molecule has 2 aromatic heterocycles. The van der Waals surface area contributed by atoms with E-state index in [1.165, 1.54) is 0 Å². The minimum absolute atomic E-state index is 0.185. The highest BCUT2D eigenvalue weighted by Gasteiger charge is 2.20. The van der Waals surface area contributed by atoms with Crippen LogP contribution in [0.2, 0.25) is 0 Å². The summed E-state index contributed by atoms with van der Waals surface area (Å²) in [6.45, 7) is 1.84. The Bertz CT molecular complexity index is 520. The SMILES string of the molecule is CCc1onc(Cc2ccncc2)c1C(=O)O. The van der Waals surface area contributed by atoms with Crippen LogP contribution in [0.15, 0.2) is 29.0 Å². The number of aryl methyl sites for hydroxylation is 1. The summed E-state index contributed by atoms with van der Waals surface area (Å²) in [5.74, 6) is -0.575. The fraction of sp³-hybridized carbons (Fsp3) is 0.250. The van der Waals surface area contributed by atoms with Crippen LogP contribution in [-0.2, 0) is 12.8 Å². The highest BCUT2D eigenvalue weighted by molar-refractivity contribution is 5.90. The molecule has 0 fully saturated rings. The molecule has 5 heteroatoms. The summed E-state index contributed by atoms with van der Waals surface area (Å²) in [6, 6.07) is 3.65. The van der Waals surface area contributed by atoms with Crippen molar-refractivity contribution in [3.05, 3.63) is 47.1 Å². The molecule has 0 aromatic carbocycles. The van der Waals surface area contributed by atoms with Gasteiger partial charge < -0.3 is 9.63 Å². The third kappa shape index (κ3) is 2.33. The molecule has 0 amide bonds. The van der Waals surface area contributed by atoms with Crippen molar-refractivity contribution in [1.29, 1.82) is 0 Å².